The van der Waals surface area contributed by atoms with E-state index in [0.717, 1.165) is 16.7 Å². The van der Waals surface area contributed by atoms with E-state index in [1.54, 1.807) is 18.7 Å². The van der Waals surface area contributed by atoms with E-state index in [2.05, 4.69) is 4.98 Å². The molecule has 0 radical (unpaired) electrons. The molecule has 1 aliphatic heterocycles. The maximum absolute atomic E-state index is 12.5. The molecule has 1 amide bonds. The van der Waals surface area contributed by atoms with Crippen molar-refractivity contribution in [2.24, 2.45) is 0 Å². The summed E-state index contributed by atoms with van der Waals surface area (Å²) in [6.07, 6.45) is 0.619. The molecule has 7 heteroatoms. The number of nitrogens with zero attached hydrogens (tertiary/aromatic N) is 3. The molecule has 1 aliphatic rings. The summed E-state index contributed by atoms with van der Waals surface area (Å²) in [6.45, 7) is 5.30. The molecule has 3 rings (SSSR count). The fourth-order valence-electron chi connectivity index (χ4n) is 2.90. The second kappa shape index (κ2) is 5.82. The van der Waals surface area contributed by atoms with Crippen LogP contribution in [0, 0.1) is 0 Å². The number of nitrogens with two attached hydrogens (primary N) is 1. The Morgan fingerprint density at radius 1 is 1.43 bits per heavy atom. The van der Waals surface area contributed by atoms with Gasteiger partial charge in [0.1, 0.15) is 5.60 Å². The molecule has 2 heterocycles. The molecule has 0 spiro atoms. The molecule has 2 aromatic rings. The number of anilines is 2. The summed E-state index contributed by atoms with van der Waals surface area (Å²) in [7, 11) is 0. The second-order valence-electron chi connectivity index (χ2n) is 6.19. The Kier molecular flexibility index (Phi) is 3.99. The first-order valence-electron chi connectivity index (χ1n) is 7.76. The molecule has 3 N–H and O–H groups in total. The minimum absolute atomic E-state index is 0.0595. The third kappa shape index (κ3) is 2.77. The van der Waals surface area contributed by atoms with Crippen molar-refractivity contribution in [3.8, 4) is 0 Å². The Labute approximate surface area is 134 Å². The quantitative estimate of drug-likeness (QED) is 0.882. The molecular formula is C16H22N4O3. The zero-order chi connectivity index (χ0) is 16.6. The Morgan fingerprint density at radius 3 is 2.96 bits per heavy atom. The van der Waals surface area contributed by atoms with Crippen molar-refractivity contribution >= 4 is 28.6 Å². The van der Waals surface area contributed by atoms with Crippen LogP contribution in [-0.2, 0) is 16.1 Å². The lowest BCUT2D eigenvalue weighted by Gasteiger charge is -2.37. The number of amides is 1. The third-order valence-corrected chi connectivity index (χ3v) is 4.15. The average molecular weight is 318 g/mol. The molecule has 1 aromatic heterocycles. The van der Waals surface area contributed by atoms with Crippen LogP contribution in [0.1, 0.15) is 20.3 Å². The summed E-state index contributed by atoms with van der Waals surface area (Å²) in [5.74, 6) is 0.356. The van der Waals surface area contributed by atoms with Crippen molar-refractivity contribution in [2.75, 3.05) is 30.4 Å². The standard InChI is InChI=1S/C16H22N4O3/c1-16(2)14(22)19(7-9-23-16)11-4-5-13-12(10-11)18-15(17)20(13)6-3-8-21/h4-5,10,21H,3,6-9H2,1-2H3,(H2,17,18). The van der Waals surface area contributed by atoms with Crippen LogP contribution >= 0.6 is 0 Å². The summed E-state index contributed by atoms with van der Waals surface area (Å²) in [6, 6.07) is 5.69. The van der Waals surface area contributed by atoms with Gasteiger partial charge in [0.25, 0.3) is 5.91 Å². The average Bonchev–Trinajstić information content (AvgIpc) is 2.82. The van der Waals surface area contributed by atoms with Crippen LogP contribution in [-0.4, -0.2) is 45.9 Å². The lowest BCUT2D eigenvalue weighted by Crippen LogP contribution is -2.53. The minimum atomic E-state index is -0.813. The zero-order valence-electron chi connectivity index (χ0n) is 13.5. The Bertz CT molecular complexity index is 738. The van der Waals surface area contributed by atoms with E-state index in [4.69, 9.17) is 15.6 Å². The highest BCUT2D eigenvalue weighted by atomic mass is 16.5. The van der Waals surface area contributed by atoms with Gasteiger partial charge in [0.2, 0.25) is 5.95 Å². The fourth-order valence-corrected chi connectivity index (χ4v) is 2.90. The predicted molar refractivity (Wildman–Crippen MR) is 88.2 cm³/mol. The highest BCUT2D eigenvalue weighted by Crippen LogP contribution is 2.28. The number of hydrogen-bond acceptors (Lipinski definition) is 5. The van der Waals surface area contributed by atoms with Gasteiger partial charge in [-0.25, -0.2) is 4.98 Å². The number of aromatic nitrogens is 2. The van der Waals surface area contributed by atoms with E-state index in [0.29, 0.717) is 32.1 Å². The summed E-state index contributed by atoms with van der Waals surface area (Å²) < 4.78 is 7.41. The van der Waals surface area contributed by atoms with E-state index >= 15 is 0 Å². The predicted octanol–water partition coefficient (Wildman–Crippen LogP) is 1.14. The number of hydrogen-bond donors (Lipinski definition) is 2. The topological polar surface area (TPSA) is 93.6 Å². The van der Waals surface area contributed by atoms with Crippen LogP contribution in [0.3, 0.4) is 0 Å². The summed E-state index contributed by atoms with van der Waals surface area (Å²) >= 11 is 0. The number of rotatable bonds is 4. The van der Waals surface area contributed by atoms with Gasteiger partial charge < -0.3 is 25.0 Å². The monoisotopic (exact) mass is 318 g/mol. The van der Waals surface area contributed by atoms with E-state index in [9.17, 15) is 4.79 Å². The van der Waals surface area contributed by atoms with Crippen LogP contribution in [0.15, 0.2) is 18.2 Å². The number of nitrogen functional groups attached to an aromatic ring is 1. The van der Waals surface area contributed by atoms with Crippen LogP contribution in [0.4, 0.5) is 11.6 Å². The molecule has 23 heavy (non-hydrogen) atoms. The van der Waals surface area contributed by atoms with Gasteiger partial charge in [-0.1, -0.05) is 0 Å². The lowest BCUT2D eigenvalue weighted by molar-refractivity contribution is -0.144. The molecular weight excluding hydrogens is 296 g/mol. The van der Waals surface area contributed by atoms with Crippen molar-refractivity contribution in [1.29, 1.82) is 0 Å². The number of imidazole rings is 1. The molecule has 0 saturated carbocycles. The summed E-state index contributed by atoms with van der Waals surface area (Å²) in [5.41, 5.74) is 7.59. The number of aliphatic hydroxyl groups excluding tert-OH is 1. The maximum atomic E-state index is 12.5. The first kappa shape index (κ1) is 15.8. The molecule has 0 aliphatic carbocycles. The van der Waals surface area contributed by atoms with Crippen molar-refractivity contribution in [3.05, 3.63) is 18.2 Å². The molecule has 0 bridgehead atoms. The van der Waals surface area contributed by atoms with Gasteiger partial charge in [0, 0.05) is 25.4 Å². The van der Waals surface area contributed by atoms with E-state index in [-0.39, 0.29) is 12.5 Å². The van der Waals surface area contributed by atoms with Gasteiger partial charge >= 0.3 is 0 Å². The normalized spacial score (nSPS) is 17.9. The van der Waals surface area contributed by atoms with Crippen LogP contribution in [0.25, 0.3) is 11.0 Å². The third-order valence-electron chi connectivity index (χ3n) is 4.15. The lowest BCUT2D eigenvalue weighted by atomic mass is 10.1. The van der Waals surface area contributed by atoms with Gasteiger partial charge in [-0.15, -0.1) is 0 Å². The number of morpholine rings is 1. The van der Waals surface area contributed by atoms with Crippen molar-refractivity contribution in [1.82, 2.24) is 9.55 Å². The Balaban J connectivity index is 1.96. The highest BCUT2D eigenvalue weighted by Gasteiger charge is 2.37. The summed E-state index contributed by atoms with van der Waals surface area (Å²) in [4.78, 5) is 18.6. The van der Waals surface area contributed by atoms with E-state index < -0.39 is 5.60 Å². The first-order valence-corrected chi connectivity index (χ1v) is 7.76. The number of fused-ring (bicyclic) bond motifs is 1. The second-order valence-corrected chi connectivity index (χ2v) is 6.19. The van der Waals surface area contributed by atoms with Crippen molar-refractivity contribution in [3.63, 3.8) is 0 Å². The Morgan fingerprint density at radius 2 is 2.22 bits per heavy atom. The molecule has 1 saturated heterocycles. The maximum Gasteiger partial charge on any atom is 0.258 e. The molecule has 7 nitrogen and oxygen atoms in total. The SMILES string of the molecule is CC1(C)OCCN(c2ccc3c(c2)nc(N)n3CCCO)C1=O. The number of aryl methyl sites for hydroxylation is 1. The van der Waals surface area contributed by atoms with Crippen molar-refractivity contribution < 1.29 is 14.6 Å². The molecule has 1 aromatic carbocycles. The van der Waals surface area contributed by atoms with Crippen LogP contribution in [0.2, 0.25) is 0 Å². The molecule has 0 atom stereocenters. The number of carbonyl (C=O) groups is 1. The fraction of sp³-hybridized carbons (Fsp3) is 0.500. The van der Waals surface area contributed by atoms with Gasteiger partial charge in [-0.05, 0) is 38.5 Å². The van der Waals surface area contributed by atoms with Gasteiger partial charge in [-0.3, -0.25) is 4.79 Å². The smallest absolute Gasteiger partial charge is 0.258 e. The van der Waals surface area contributed by atoms with Crippen molar-refractivity contribution in [2.45, 2.75) is 32.4 Å². The van der Waals surface area contributed by atoms with E-state index in [1.165, 1.54) is 0 Å². The van der Waals surface area contributed by atoms with Crippen LogP contribution in [0.5, 0.6) is 0 Å². The Hall–Kier alpha value is -2.12. The van der Waals surface area contributed by atoms with Crippen LogP contribution < -0.4 is 10.6 Å². The summed E-state index contributed by atoms with van der Waals surface area (Å²) in [5, 5.41) is 8.99. The molecule has 124 valence electrons. The minimum Gasteiger partial charge on any atom is -0.396 e. The number of benzene rings is 1. The first-order chi connectivity index (χ1) is 10.9. The largest absolute Gasteiger partial charge is 0.396 e. The van der Waals surface area contributed by atoms with Gasteiger partial charge in [0.05, 0.1) is 17.6 Å². The molecule has 0 unspecified atom stereocenters. The molecule has 1 fully saturated rings. The highest BCUT2D eigenvalue weighted by molar-refractivity contribution is 6.00. The zero-order valence-corrected chi connectivity index (χ0v) is 13.5. The number of ether oxygens (including phenoxy) is 1. The van der Waals surface area contributed by atoms with Gasteiger partial charge in [0.15, 0.2) is 0 Å². The van der Waals surface area contributed by atoms with Gasteiger partial charge in [-0.2, -0.15) is 0 Å². The number of aliphatic hydroxyl groups is 1. The van der Waals surface area contributed by atoms with E-state index in [1.807, 2.05) is 22.8 Å². The number of carbonyl (C=O) groups excluding carboxylic acids is 1.